The Morgan fingerprint density at radius 2 is 1.82 bits per heavy atom. The summed E-state index contributed by atoms with van der Waals surface area (Å²) in [4.78, 5) is 0. The third kappa shape index (κ3) is 5.66. The highest BCUT2D eigenvalue weighted by Crippen LogP contribution is 2.20. The molecule has 2 nitrogen and oxygen atoms in total. The lowest BCUT2D eigenvalue weighted by atomic mass is 10.1. The first-order valence-electron chi connectivity index (χ1n) is 6.09. The lowest BCUT2D eigenvalue weighted by Crippen LogP contribution is -2.11. The standard InChI is InChI=1S/C14H21BrO2/c1-3-8-16-9-10-17-14(11-15)13-6-4-12(2)5-7-13/h4-7,14H,3,8-11H2,1-2H3. The molecule has 0 aliphatic carbocycles. The highest BCUT2D eigenvalue weighted by molar-refractivity contribution is 9.09. The van der Waals surface area contributed by atoms with Crippen molar-refractivity contribution in [1.29, 1.82) is 0 Å². The van der Waals surface area contributed by atoms with Crippen LogP contribution in [0.5, 0.6) is 0 Å². The van der Waals surface area contributed by atoms with Crippen molar-refractivity contribution in [3.8, 4) is 0 Å². The highest BCUT2D eigenvalue weighted by Gasteiger charge is 2.09. The average molecular weight is 301 g/mol. The number of rotatable bonds is 8. The third-order valence-corrected chi connectivity index (χ3v) is 3.07. The summed E-state index contributed by atoms with van der Waals surface area (Å²) in [5.41, 5.74) is 2.48. The Hall–Kier alpha value is -0.380. The first-order valence-corrected chi connectivity index (χ1v) is 7.22. The van der Waals surface area contributed by atoms with Gasteiger partial charge >= 0.3 is 0 Å². The molecule has 17 heavy (non-hydrogen) atoms. The van der Waals surface area contributed by atoms with Crippen LogP contribution in [-0.4, -0.2) is 25.2 Å². The monoisotopic (exact) mass is 300 g/mol. The maximum Gasteiger partial charge on any atom is 0.0922 e. The molecule has 0 heterocycles. The zero-order chi connectivity index (χ0) is 12.5. The molecule has 0 bridgehead atoms. The summed E-state index contributed by atoms with van der Waals surface area (Å²) in [7, 11) is 0. The zero-order valence-corrected chi connectivity index (χ0v) is 12.2. The van der Waals surface area contributed by atoms with E-state index in [-0.39, 0.29) is 6.10 Å². The van der Waals surface area contributed by atoms with Gasteiger partial charge < -0.3 is 9.47 Å². The first-order chi connectivity index (χ1) is 8.27. The van der Waals surface area contributed by atoms with E-state index in [9.17, 15) is 0 Å². The van der Waals surface area contributed by atoms with E-state index in [0.29, 0.717) is 13.2 Å². The molecule has 0 saturated heterocycles. The van der Waals surface area contributed by atoms with Gasteiger partial charge in [-0.15, -0.1) is 0 Å². The molecular weight excluding hydrogens is 280 g/mol. The molecule has 1 aromatic carbocycles. The van der Waals surface area contributed by atoms with Crippen LogP contribution in [0, 0.1) is 6.92 Å². The second kappa shape index (κ2) is 8.67. The van der Waals surface area contributed by atoms with E-state index in [2.05, 4.69) is 54.0 Å². The minimum Gasteiger partial charge on any atom is -0.379 e. The maximum absolute atomic E-state index is 5.79. The molecule has 0 radical (unpaired) electrons. The number of benzene rings is 1. The topological polar surface area (TPSA) is 18.5 Å². The van der Waals surface area contributed by atoms with E-state index in [1.807, 2.05) is 0 Å². The number of ether oxygens (including phenoxy) is 2. The van der Waals surface area contributed by atoms with Gasteiger partial charge in [0.2, 0.25) is 0 Å². The van der Waals surface area contributed by atoms with Crippen molar-refractivity contribution in [3.63, 3.8) is 0 Å². The van der Waals surface area contributed by atoms with E-state index in [1.54, 1.807) is 0 Å². The van der Waals surface area contributed by atoms with Gasteiger partial charge in [-0.3, -0.25) is 0 Å². The summed E-state index contributed by atoms with van der Waals surface area (Å²) in [5, 5.41) is 0.809. The van der Waals surface area contributed by atoms with Gasteiger partial charge in [-0.05, 0) is 18.9 Å². The Kier molecular flexibility index (Phi) is 7.49. The molecule has 0 aliphatic heterocycles. The molecular formula is C14H21BrO2. The Morgan fingerprint density at radius 3 is 2.41 bits per heavy atom. The molecule has 1 aromatic rings. The molecule has 1 atom stereocenters. The van der Waals surface area contributed by atoms with Crippen LogP contribution in [0.15, 0.2) is 24.3 Å². The largest absolute Gasteiger partial charge is 0.379 e. The second-order valence-electron chi connectivity index (χ2n) is 4.04. The maximum atomic E-state index is 5.79. The predicted molar refractivity (Wildman–Crippen MR) is 74.8 cm³/mol. The van der Waals surface area contributed by atoms with Crippen LogP contribution in [0.4, 0.5) is 0 Å². The van der Waals surface area contributed by atoms with Crippen LogP contribution >= 0.6 is 15.9 Å². The summed E-state index contributed by atoms with van der Waals surface area (Å²) in [6.07, 6.45) is 1.17. The molecule has 96 valence electrons. The lowest BCUT2D eigenvalue weighted by molar-refractivity contribution is 0.0141. The van der Waals surface area contributed by atoms with Crippen LogP contribution in [0.25, 0.3) is 0 Å². The Bertz CT molecular complexity index is 298. The molecule has 1 unspecified atom stereocenters. The number of hydrogen-bond acceptors (Lipinski definition) is 2. The van der Waals surface area contributed by atoms with Crippen LogP contribution in [-0.2, 0) is 9.47 Å². The number of aryl methyl sites for hydroxylation is 1. The Labute approximate surface area is 112 Å². The number of hydrogen-bond donors (Lipinski definition) is 0. The summed E-state index contributed by atoms with van der Waals surface area (Å²) < 4.78 is 11.2. The molecule has 3 heteroatoms. The van der Waals surface area contributed by atoms with E-state index in [4.69, 9.17) is 9.47 Å². The SMILES string of the molecule is CCCOCCOC(CBr)c1ccc(C)cc1. The fourth-order valence-corrected chi connectivity index (χ4v) is 2.07. The van der Waals surface area contributed by atoms with Crippen molar-refractivity contribution >= 4 is 15.9 Å². The number of halogens is 1. The molecule has 0 aliphatic rings. The van der Waals surface area contributed by atoms with Crippen molar-refractivity contribution in [2.24, 2.45) is 0 Å². The molecule has 0 spiro atoms. The van der Waals surface area contributed by atoms with Gasteiger partial charge in [0.25, 0.3) is 0 Å². The average Bonchev–Trinajstić information content (AvgIpc) is 2.35. The van der Waals surface area contributed by atoms with Gasteiger partial charge in [-0.2, -0.15) is 0 Å². The molecule has 0 amide bonds. The zero-order valence-electron chi connectivity index (χ0n) is 10.6. The van der Waals surface area contributed by atoms with Crippen LogP contribution in [0.2, 0.25) is 0 Å². The van der Waals surface area contributed by atoms with Crippen molar-refractivity contribution in [2.75, 3.05) is 25.2 Å². The minimum absolute atomic E-state index is 0.112. The van der Waals surface area contributed by atoms with Gasteiger partial charge in [0.15, 0.2) is 0 Å². The molecule has 0 fully saturated rings. The van der Waals surface area contributed by atoms with E-state index < -0.39 is 0 Å². The van der Waals surface area contributed by atoms with Crippen molar-refractivity contribution in [1.82, 2.24) is 0 Å². The molecule has 0 N–H and O–H groups in total. The van der Waals surface area contributed by atoms with Gasteiger partial charge in [0.1, 0.15) is 0 Å². The van der Waals surface area contributed by atoms with E-state index >= 15 is 0 Å². The minimum atomic E-state index is 0.112. The van der Waals surface area contributed by atoms with Gasteiger partial charge in [-0.25, -0.2) is 0 Å². The highest BCUT2D eigenvalue weighted by atomic mass is 79.9. The summed E-state index contributed by atoms with van der Waals surface area (Å²) >= 11 is 3.49. The van der Waals surface area contributed by atoms with Crippen molar-refractivity contribution in [2.45, 2.75) is 26.4 Å². The smallest absolute Gasteiger partial charge is 0.0922 e. The van der Waals surface area contributed by atoms with Gasteiger partial charge in [0.05, 0.1) is 19.3 Å². The molecule has 0 aromatic heterocycles. The van der Waals surface area contributed by atoms with Crippen LogP contribution in [0.1, 0.15) is 30.6 Å². The summed E-state index contributed by atoms with van der Waals surface area (Å²) in [6, 6.07) is 8.46. The quantitative estimate of drug-likeness (QED) is 0.536. The van der Waals surface area contributed by atoms with Gasteiger partial charge in [-0.1, -0.05) is 52.7 Å². The molecule has 0 saturated carbocycles. The van der Waals surface area contributed by atoms with Crippen molar-refractivity contribution in [3.05, 3.63) is 35.4 Å². The number of alkyl halides is 1. The first kappa shape index (κ1) is 14.7. The molecule has 1 rings (SSSR count). The van der Waals surface area contributed by atoms with E-state index in [1.165, 1.54) is 11.1 Å². The second-order valence-corrected chi connectivity index (χ2v) is 4.68. The van der Waals surface area contributed by atoms with Gasteiger partial charge in [0, 0.05) is 11.9 Å². The normalized spacial score (nSPS) is 12.6. The lowest BCUT2D eigenvalue weighted by Gasteiger charge is -2.16. The fraction of sp³-hybridized carbons (Fsp3) is 0.571. The Balaban J connectivity index is 2.35. The van der Waals surface area contributed by atoms with E-state index in [0.717, 1.165) is 18.4 Å². The van der Waals surface area contributed by atoms with Crippen molar-refractivity contribution < 1.29 is 9.47 Å². The van der Waals surface area contributed by atoms with Crippen LogP contribution < -0.4 is 0 Å². The third-order valence-electron chi connectivity index (χ3n) is 2.48. The summed E-state index contributed by atoms with van der Waals surface area (Å²) in [5.74, 6) is 0. The Morgan fingerprint density at radius 1 is 1.12 bits per heavy atom. The fourth-order valence-electron chi connectivity index (χ4n) is 1.51. The predicted octanol–water partition coefficient (Wildman–Crippen LogP) is 3.87. The summed E-state index contributed by atoms with van der Waals surface area (Å²) in [6.45, 7) is 6.32. The van der Waals surface area contributed by atoms with Crippen LogP contribution in [0.3, 0.4) is 0 Å².